The quantitative estimate of drug-likeness (QED) is 0.809. The van der Waals surface area contributed by atoms with Crippen LogP contribution in [0.1, 0.15) is 25.5 Å². The minimum atomic E-state index is -0.217. The summed E-state index contributed by atoms with van der Waals surface area (Å²) < 4.78 is 19.6. The Bertz CT molecular complexity index is 369. The van der Waals surface area contributed by atoms with Crippen molar-refractivity contribution in [3.05, 3.63) is 29.6 Å². The van der Waals surface area contributed by atoms with Crippen molar-refractivity contribution in [3.63, 3.8) is 0 Å². The Labute approximate surface area is 109 Å². The average Bonchev–Trinajstić information content (AvgIpc) is 2.28. The second-order valence-electron chi connectivity index (χ2n) is 4.58. The molecule has 0 bridgehead atoms. The van der Waals surface area contributed by atoms with Gasteiger partial charge in [0.2, 0.25) is 0 Å². The molecule has 1 atom stereocenters. The molecule has 0 amide bonds. The highest BCUT2D eigenvalue weighted by molar-refractivity contribution is 5.37. The molecule has 1 rings (SSSR count). The van der Waals surface area contributed by atoms with Crippen molar-refractivity contribution in [1.82, 2.24) is 10.2 Å². The van der Waals surface area contributed by atoms with E-state index in [9.17, 15) is 4.39 Å². The number of ether oxygens (including phenoxy) is 1. The average molecular weight is 254 g/mol. The Hall–Kier alpha value is -1.13. The van der Waals surface area contributed by atoms with Crippen LogP contribution in [-0.2, 0) is 0 Å². The van der Waals surface area contributed by atoms with Crippen LogP contribution < -0.4 is 10.1 Å². The van der Waals surface area contributed by atoms with Gasteiger partial charge in [0.15, 0.2) is 0 Å². The van der Waals surface area contributed by atoms with Gasteiger partial charge in [-0.3, -0.25) is 0 Å². The third-order valence-corrected chi connectivity index (χ3v) is 2.75. The van der Waals surface area contributed by atoms with Crippen molar-refractivity contribution in [2.24, 2.45) is 0 Å². The molecule has 102 valence electrons. The van der Waals surface area contributed by atoms with Gasteiger partial charge < -0.3 is 15.0 Å². The number of hydrogen-bond acceptors (Lipinski definition) is 3. The molecule has 0 aliphatic rings. The van der Waals surface area contributed by atoms with Crippen LogP contribution in [0.15, 0.2) is 18.2 Å². The normalized spacial score (nSPS) is 12.8. The molecule has 0 fully saturated rings. The van der Waals surface area contributed by atoms with Crippen molar-refractivity contribution in [2.45, 2.75) is 19.9 Å². The summed E-state index contributed by atoms with van der Waals surface area (Å²) in [5.74, 6) is 0.413. The zero-order valence-corrected chi connectivity index (χ0v) is 11.7. The molecule has 0 saturated carbocycles. The van der Waals surface area contributed by atoms with Crippen molar-refractivity contribution in [2.75, 3.05) is 33.8 Å². The first-order valence-corrected chi connectivity index (χ1v) is 6.35. The molecule has 3 nitrogen and oxygen atoms in total. The highest BCUT2D eigenvalue weighted by Gasteiger charge is 2.15. The first kappa shape index (κ1) is 14.9. The van der Waals surface area contributed by atoms with Gasteiger partial charge in [0.25, 0.3) is 0 Å². The van der Waals surface area contributed by atoms with Gasteiger partial charge >= 0.3 is 0 Å². The Balaban J connectivity index is 2.79. The first-order valence-electron chi connectivity index (χ1n) is 6.35. The summed E-state index contributed by atoms with van der Waals surface area (Å²) in [7, 11) is 3.97. The van der Waals surface area contributed by atoms with Crippen LogP contribution in [0.25, 0.3) is 0 Å². The van der Waals surface area contributed by atoms with Gasteiger partial charge in [0, 0.05) is 18.2 Å². The largest absolute Gasteiger partial charge is 0.492 e. The predicted octanol–water partition coefficient (Wildman–Crippen LogP) is 2.44. The molecule has 0 aromatic heterocycles. The Kier molecular flexibility index (Phi) is 6.09. The highest BCUT2D eigenvalue weighted by Crippen LogP contribution is 2.27. The summed E-state index contributed by atoms with van der Waals surface area (Å²) in [6.07, 6.45) is 0. The molecular weight excluding hydrogens is 231 g/mol. The van der Waals surface area contributed by atoms with Gasteiger partial charge in [-0.1, -0.05) is 13.0 Å². The minimum Gasteiger partial charge on any atom is -0.492 e. The van der Waals surface area contributed by atoms with Gasteiger partial charge in [-0.05, 0) is 39.7 Å². The Morgan fingerprint density at radius 1 is 1.39 bits per heavy atom. The lowest BCUT2D eigenvalue weighted by atomic mass is 10.1. The lowest BCUT2D eigenvalue weighted by molar-refractivity contribution is 0.256. The zero-order valence-electron chi connectivity index (χ0n) is 11.7. The lowest BCUT2D eigenvalue weighted by Gasteiger charge is -2.19. The van der Waals surface area contributed by atoms with Gasteiger partial charge in [0.05, 0.1) is 0 Å². The summed E-state index contributed by atoms with van der Waals surface area (Å²) in [5.41, 5.74) is 0.609. The molecule has 18 heavy (non-hydrogen) atoms. The van der Waals surface area contributed by atoms with Crippen molar-refractivity contribution < 1.29 is 9.13 Å². The fourth-order valence-corrected chi connectivity index (χ4v) is 1.81. The summed E-state index contributed by atoms with van der Waals surface area (Å²) in [6, 6.07) is 4.93. The predicted molar refractivity (Wildman–Crippen MR) is 72.5 cm³/mol. The van der Waals surface area contributed by atoms with Crippen molar-refractivity contribution in [3.8, 4) is 5.75 Å². The third kappa shape index (κ3) is 4.27. The van der Waals surface area contributed by atoms with Crippen LogP contribution in [0.3, 0.4) is 0 Å². The highest BCUT2D eigenvalue weighted by atomic mass is 19.1. The monoisotopic (exact) mass is 254 g/mol. The van der Waals surface area contributed by atoms with Crippen LogP contribution in [0.5, 0.6) is 5.75 Å². The number of hydrogen-bond donors (Lipinski definition) is 1. The summed E-state index contributed by atoms with van der Waals surface area (Å²) in [5, 5.41) is 3.21. The fourth-order valence-electron chi connectivity index (χ4n) is 1.81. The van der Waals surface area contributed by atoms with E-state index in [4.69, 9.17) is 4.74 Å². The molecule has 1 aromatic rings. The molecule has 0 spiro atoms. The standard InChI is InChI=1S/C14H23FN2O/c1-5-16-11(2)14-12(15)7-6-8-13(14)18-10-9-17(3)4/h6-8,11,16H,5,9-10H2,1-4H3. The second-order valence-corrected chi connectivity index (χ2v) is 4.58. The Morgan fingerprint density at radius 3 is 2.72 bits per heavy atom. The minimum absolute atomic E-state index is 0.0504. The molecule has 1 N–H and O–H groups in total. The molecule has 1 unspecified atom stereocenters. The van der Waals surface area contributed by atoms with E-state index in [1.54, 1.807) is 6.07 Å². The number of nitrogens with one attached hydrogen (secondary N) is 1. The van der Waals surface area contributed by atoms with Gasteiger partial charge in [-0.25, -0.2) is 4.39 Å². The summed E-state index contributed by atoms with van der Waals surface area (Å²) in [4.78, 5) is 2.03. The van der Waals surface area contributed by atoms with Gasteiger partial charge in [-0.2, -0.15) is 0 Å². The lowest BCUT2D eigenvalue weighted by Crippen LogP contribution is -2.22. The summed E-state index contributed by atoms with van der Waals surface area (Å²) >= 11 is 0. The fraction of sp³-hybridized carbons (Fsp3) is 0.571. The van der Waals surface area contributed by atoms with Crippen molar-refractivity contribution >= 4 is 0 Å². The second kappa shape index (κ2) is 7.34. The van der Waals surface area contributed by atoms with Crippen LogP contribution in [0.4, 0.5) is 4.39 Å². The van der Waals surface area contributed by atoms with Crippen LogP contribution in [0, 0.1) is 5.82 Å². The number of halogens is 1. The van der Waals surface area contributed by atoms with E-state index in [-0.39, 0.29) is 11.9 Å². The maximum absolute atomic E-state index is 13.9. The van der Waals surface area contributed by atoms with E-state index < -0.39 is 0 Å². The summed E-state index contributed by atoms with van der Waals surface area (Å²) in [6.45, 7) is 6.12. The first-order chi connectivity index (χ1) is 8.56. The molecule has 0 aliphatic carbocycles. The van der Waals surface area contributed by atoms with E-state index >= 15 is 0 Å². The number of rotatable bonds is 7. The molecule has 0 saturated heterocycles. The smallest absolute Gasteiger partial charge is 0.131 e. The molecule has 0 aliphatic heterocycles. The van der Waals surface area contributed by atoms with Crippen LogP contribution in [0.2, 0.25) is 0 Å². The maximum Gasteiger partial charge on any atom is 0.131 e. The maximum atomic E-state index is 13.9. The van der Waals surface area contributed by atoms with Crippen molar-refractivity contribution in [1.29, 1.82) is 0 Å². The van der Waals surface area contributed by atoms with E-state index in [0.717, 1.165) is 13.1 Å². The number of benzene rings is 1. The van der Waals surface area contributed by atoms with E-state index in [2.05, 4.69) is 5.32 Å². The van der Waals surface area contributed by atoms with E-state index in [0.29, 0.717) is 17.9 Å². The molecular formula is C14H23FN2O. The number of nitrogens with zero attached hydrogens (tertiary/aromatic N) is 1. The molecule has 4 heteroatoms. The van der Waals surface area contributed by atoms with E-state index in [1.807, 2.05) is 38.9 Å². The zero-order chi connectivity index (χ0) is 13.5. The van der Waals surface area contributed by atoms with Gasteiger partial charge in [0.1, 0.15) is 18.2 Å². The number of likely N-dealkylation sites (N-methyl/N-ethyl adjacent to an activating group) is 1. The van der Waals surface area contributed by atoms with E-state index in [1.165, 1.54) is 6.07 Å². The molecule has 0 heterocycles. The topological polar surface area (TPSA) is 24.5 Å². The van der Waals surface area contributed by atoms with Crippen LogP contribution in [-0.4, -0.2) is 38.7 Å². The SMILES string of the molecule is CCNC(C)c1c(F)cccc1OCCN(C)C. The molecule has 1 aromatic carbocycles. The Morgan fingerprint density at radius 2 is 2.11 bits per heavy atom. The van der Waals surface area contributed by atoms with Crippen LogP contribution >= 0.6 is 0 Å². The van der Waals surface area contributed by atoms with Gasteiger partial charge in [-0.15, -0.1) is 0 Å². The molecule has 0 radical (unpaired) electrons. The third-order valence-electron chi connectivity index (χ3n) is 2.75.